The van der Waals surface area contributed by atoms with Crippen molar-refractivity contribution in [3.63, 3.8) is 0 Å². The van der Waals surface area contributed by atoms with Gasteiger partial charge < -0.3 is 4.90 Å². The minimum absolute atomic E-state index is 0.0934. The van der Waals surface area contributed by atoms with Gasteiger partial charge in [-0.15, -0.1) is 10.2 Å². The summed E-state index contributed by atoms with van der Waals surface area (Å²) in [5, 5.41) is 27.8. The van der Waals surface area contributed by atoms with Gasteiger partial charge in [-0.2, -0.15) is 10.5 Å². The predicted octanol–water partition coefficient (Wildman–Crippen LogP) is 4.99. The van der Waals surface area contributed by atoms with E-state index in [0.717, 1.165) is 5.69 Å². The van der Waals surface area contributed by atoms with Gasteiger partial charge in [0.25, 0.3) is 0 Å². The van der Waals surface area contributed by atoms with E-state index >= 15 is 0 Å². The molecule has 0 unspecified atom stereocenters. The Morgan fingerprint density at radius 1 is 1.03 bits per heavy atom. The lowest BCUT2D eigenvalue weighted by Gasteiger charge is -2.20. The Hall–Kier alpha value is -3.04. The Morgan fingerprint density at radius 2 is 1.72 bits per heavy atom. The van der Waals surface area contributed by atoms with Crippen LogP contribution >= 0.6 is 35.0 Å². The van der Waals surface area contributed by atoms with Crippen LogP contribution in [0.2, 0.25) is 10.0 Å². The van der Waals surface area contributed by atoms with Gasteiger partial charge in [-0.3, -0.25) is 9.36 Å². The van der Waals surface area contributed by atoms with Crippen molar-refractivity contribution in [3.8, 4) is 29.2 Å². The van der Waals surface area contributed by atoms with Crippen LogP contribution < -0.4 is 0 Å². The van der Waals surface area contributed by atoms with E-state index < -0.39 is 0 Å². The summed E-state index contributed by atoms with van der Waals surface area (Å²) in [7, 11) is 0. The standard InChI is InChI=1S/C22H18Cl2N6OS/c23-16-8-9-18(19(24)14-16)21-27-28-22(30(21)17-6-2-1-3-7-17)32-15-20(31)29(12-4-10-25)13-5-11-26/h1-3,6-9,14H,4-5,12-13,15H2. The van der Waals surface area contributed by atoms with Crippen molar-refractivity contribution in [2.45, 2.75) is 18.0 Å². The molecule has 32 heavy (non-hydrogen) atoms. The molecule has 0 atom stereocenters. The molecule has 0 radical (unpaired) electrons. The molecule has 1 heterocycles. The molecule has 3 aromatic rings. The fourth-order valence-electron chi connectivity index (χ4n) is 2.97. The number of benzene rings is 2. The maximum absolute atomic E-state index is 12.7. The molecule has 0 fully saturated rings. The van der Waals surface area contributed by atoms with E-state index in [-0.39, 0.29) is 37.6 Å². The first-order valence-corrected chi connectivity index (χ1v) is 11.4. The summed E-state index contributed by atoms with van der Waals surface area (Å²) in [6.07, 6.45) is 0.419. The molecule has 1 amide bonds. The third-order valence-electron chi connectivity index (χ3n) is 4.48. The predicted molar refractivity (Wildman–Crippen MR) is 125 cm³/mol. The van der Waals surface area contributed by atoms with Gasteiger partial charge in [0.05, 0.1) is 35.8 Å². The Morgan fingerprint density at radius 3 is 2.34 bits per heavy atom. The third-order valence-corrected chi connectivity index (χ3v) is 5.95. The van der Waals surface area contributed by atoms with E-state index in [4.69, 9.17) is 33.7 Å². The number of halogens is 2. The zero-order valence-electron chi connectivity index (χ0n) is 16.9. The van der Waals surface area contributed by atoms with Gasteiger partial charge in [0.2, 0.25) is 5.91 Å². The van der Waals surface area contributed by atoms with E-state index in [9.17, 15) is 4.79 Å². The summed E-state index contributed by atoms with van der Waals surface area (Å²) in [4.78, 5) is 14.3. The lowest BCUT2D eigenvalue weighted by molar-refractivity contribution is -0.128. The number of aromatic nitrogens is 3. The van der Waals surface area contributed by atoms with Crippen LogP contribution in [0.5, 0.6) is 0 Å². The molecule has 0 bridgehead atoms. The van der Waals surface area contributed by atoms with Gasteiger partial charge >= 0.3 is 0 Å². The zero-order valence-corrected chi connectivity index (χ0v) is 19.2. The largest absolute Gasteiger partial charge is 0.340 e. The number of amides is 1. The first-order valence-electron chi connectivity index (χ1n) is 9.66. The lowest BCUT2D eigenvalue weighted by Crippen LogP contribution is -2.34. The number of thioether (sulfide) groups is 1. The molecule has 1 aromatic heterocycles. The maximum Gasteiger partial charge on any atom is 0.233 e. The molecule has 0 saturated heterocycles. The van der Waals surface area contributed by atoms with Crippen molar-refractivity contribution >= 4 is 40.9 Å². The van der Waals surface area contributed by atoms with Crippen molar-refractivity contribution < 1.29 is 4.79 Å². The number of rotatable bonds is 9. The molecule has 162 valence electrons. The maximum atomic E-state index is 12.7. The van der Waals surface area contributed by atoms with E-state index in [0.29, 0.717) is 26.6 Å². The van der Waals surface area contributed by atoms with Crippen LogP contribution in [0, 0.1) is 22.7 Å². The molecule has 0 aliphatic heterocycles. The van der Waals surface area contributed by atoms with Crippen molar-refractivity contribution in [1.29, 1.82) is 10.5 Å². The van der Waals surface area contributed by atoms with Crippen LogP contribution in [0.4, 0.5) is 0 Å². The number of nitriles is 2. The molecule has 0 saturated carbocycles. The second kappa shape index (κ2) is 11.5. The highest BCUT2D eigenvalue weighted by Crippen LogP contribution is 2.33. The number of para-hydroxylation sites is 1. The highest BCUT2D eigenvalue weighted by Gasteiger charge is 2.20. The van der Waals surface area contributed by atoms with E-state index in [2.05, 4.69) is 10.2 Å². The monoisotopic (exact) mass is 484 g/mol. The second-order valence-electron chi connectivity index (χ2n) is 6.59. The molecular formula is C22H18Cl2N6OS. The number of carbonyl (C=O) groups is 1. The fraction of sp³-hybridized carbons (Fsp3) is 0.227. The normalized spacial score (nSPS) is 10.4. The molecular weight excluding hydrogens is 467 g/mol. The molecule has 0 N–H and O–H groups in total. The van der Waals surface area contributed by atoms with E-state index in [1.54, 1.807) is 18.2 Å². The Kier molecular flexibility index (Phi) is 8.52. The molecule has 0 aliphatic rings. The Balaban J connectivity index is 1.90. The SMILES string of the molecule is N#CCCN(CCC#N)C(=O)CSc1nnc(-c2ccc(Cl)cc2Cl)n1-c1ccccc1. The first-order chi connectivity index (χ1) is 15.5. The molecule has 7 nitrogen and oxygen atoms in total. The van der Waals surface area contributed by atoms with Crippen LogP contribution in [0.1, 0.15) is 12.8 Å². The summed E-state index contributed by atoms with van der Waals surface area (Å²) >= 11 is 13.7. The minimum Gasteiger partial charge on any atom is -0.340 e. The highest BCUT2D eigenvalue weighted by atomic mass is 35.5. The lowest BCUT2D eigenvalue weighted by atomic mass is 10.2. The topological polar surface area (TPSA) is 98.6 Å². The van der Waals surface area contributed by atoms with Gasteiger partial charge in [-0.1, -0.05) is 53.2 Å². The summed E-state index contributed by atoms with van der Waals surface area (Å²) in [5.74, 6) is 0.448. The first kappa shape index (κ1) is 23.6. The summed E-state index contributed by atoms with van der Waals surface area (Å²) in [6, 6.07) is 18.7. The average molecular weight is 485 g/mol. The Labute approximate surface area is 200 Å². The number of nitrogens with zero attached hydrogens (tertiary/aromatic N) is 6. The average Bonchev–Trinajstić information content (AvgIpc) is 3.21. The summed E-state index contributed by atoms with van der Waals surface area (Å²) in [6.45, 7) is 0.573. The quantitative estimate of drug-likeness (QED) is 0.396. The second-order valence-corrected chi connectivity index (χ2v) is 8.37. The van der Waals surface area contributed by atoms with Crippen LogP contribution in [0.25, 0.3) is 17.1 Å². The third kappa shape index (κ3) is 5.80. The van der Waals surface area contributed by atoms with Crippen molar-refractivity contribution in [2.75, 3.05) is 18.8 Å². The zero-order chi connectivity index (χ0) is 22.9. The number of carbonyl (C=O) groups excluding carboxylic acids is 1. The fourth-order valence-corrected chi connectivity index (χ4v) is 4.31. The number of hydrogen-bond acceptors (Lipinski definition) is 6. The number of hydrogen-bond donors (Lipinski definition) is 0. The van der Waals surface area contributed by atoms with Crippen LogP contribution in [-0.2, 0) is 4.79 Å². The minimum atomic E-state index is -0.172. The van der Waals surface area contributed by atoms with Gasteiger partial charge in [0.1, 0.15) is 0 Å². The van der Waals surface area contributed by atoms with Gasteiger partial charge in [0, 0.05) is 29.4 Å². The van der Waals surface area contributed by atoms with E-state index in [1.165, 1.54) is 16.7 Å². The van der Waals surface area contributed by atoms with Crippen LogP contribution in [-0.4, -0.2) is 44.4 Å². The summed E-state index contributed by atoms with van der Waals surface area (Å²) in [5.41, 5.74) is 1.48. The molecule has 0 spiro atoms. The smallest absolute Gasteiger partial charge is 0.233 e. The highest BCUT2D eigenvalue weighted by molar-refractivity contribution is 7.99. The van der Waals surface area contributed by atoms with E-state index in [1.807, 2.05) is 47.0 Å². The molecule has 0 aliphatic carbocycles. The molecule has 3 rings (SSSR count). The van der Waals surface area contributed by atoms with Gasteiger partial charge in [-0.25, -0.2) is 0 Å². The van der Waals surface area contributed by atoms with Crippen molar-refractivity contribution in [3.05, 3.63) is 58.6 Å². The van der Waals surface area contributed by atoms with Crippen molar-refractivity contribution in [2.24, 2.45) is 0 Å². The van der Waals surface area contributed by atoms with Gasteiger partial charge in [-0.05, 0) is 30.3 Å². The van der Waals surface area contributed by atoms with Crippen molar-refractivity contribution in [1.82, 2.24) is 19.7 Å². The molecule has 10 heteroatoms. The van der Waals surface area contributed by atoms with Crippen LogP contribution in [0.15, 0.2) is 53.7 Å². The molecule has 2 aromatic carbocycles. The van der Waals surface area contributed by atoms with Crippen LogP contribution in [0.3, 0.4) is 0 Å². The summed E-state index contributed by atoms with van der Waals surface area (Å²) < 4.78 is 1.84. The Bertz CT molecular complexity index is 1150. The van der Waals surface area contributed by atoms with Gasteiger partial charge in [0.15, 0.2) is 11.0 Å².